The summed E-state index contributed by atoms with van der Waals surface area (Å²) in [6, 6.07) is 1.45. The van der Waals surface area contributed by atoms with Crippen LogP contribution in [0.15, 0.2) is 0 Å². The van der Waals surface area contributed by atoms with Crippen LogP contribution >= 0.6 is 0 Å². The molecule has 0 N–H and O–H groups in total. The van der Waals surface area contributed by atoms with Gasteiger partial charge >= 0.3 is 47.0 Å². The van der Waals surface area contributed by atoms with Crippen LogP contribution in [0.4, 0.5) is 74.6 Å². The van der Waals surface area contributed by atoms with Gasteiger partial charge in [-0.1, -0.05) is 0 Å². The maximum Gasteiger partial charge on any atom is 0.460 e. The lowest BCUT2D eigenvalue weighted by Crippen LogP contribution is -2.75. The predicted molar refractivity (Wildman–Crippen MR) is 92.8 cm³/mol. The lowest BCUT2D eigenvalue weighted by Gasteiger charge is -2.42. The predicted octanol–water partition coefficient (Wildman–Crippen LogP) is 6.38. The van der Waals surface area contributed by atoms with Crippen LogP contribution < -0.4 is 0 Å². The maximum absolute atomic E-state index is 13.0. The smallest absolute Gasteiger partial charge is 0.460 e. The molecular weight excluding hydrogens is 609 g/mol. The third-order valence-corrected chi connectivity index (χ3v) is 6.55. The van der Waals surface area contributed by atoms with E-state index in [0.29, 0.717) is 0 Å². The van der Waals surface area contributed by atoms with E-state index in [0.717, 1.165) is 16.6 Å². The fourth-order valence-electron chi connectivity index (χ4n) is 1.90. The van der Waals surface area contributed by atoms with Crippen molar-refractivity contribution in [3.05, 3.63) is 0 Å². The van der Waals surface area contributed by atoms with Gasteiger partial charge in [-0.05, 0) is 27.7 Å². The molecule has 0 aliphatic rings. The van der Waals surface area contributed by atoms with Gasteiger partial charge in [-0.3, -0.25) is 0 Å². The Morgan fingerprint density at radius 3 is 0.868 bits per heavy atom. The van der Waals surface area contributed by atoms with Crippen molar-refractivity contribution in [1.82, 2.24) is 0 Å². The Labute approximate surface area is 204 Å². The van der Waals surface area contributed by atoms with E-state index in [4.69, 9.17) is 0 Å². The first-order chi connectivity index (χ1) is 15.9. The van der Waals surface area contributed by atoms with Crippen molar-refractivity contribution >= 4 is 10.1 Å². The molecule has 0 saturated carbocycles. The average molecular weight is 629 g/mol. The Hall–Kier alpha value is -1.32. The molecule has 0 spiro atoms. The Morgan fingerprint density at radius 2 is 0.711 bits per heavy atom. The van der Waals surface area contributed by atoms with Crippen LogP contribution in [0.1, 0.15) is 27.7 Å². The van der Waals surface area contributed by atoms with Crippen molar-refractivity contribution in [3.8, 4) is 0 Å². The van der Waals surface area contributed by atoms with Crippen molar-refractivity contribution < 1.29 is 92.1 Å². The van der Waals surface area contributed by atoms with E-state index < -0.39 is 57.1 Å². The topological polar surface area (TPSA) is 57.2 Å². The van der Waals surface area contributed by atoms with E-state index in [1.807, 2.05) is 0 Å². The highest BCUT2D eigenvalue weighted by Crippen LogP contribution is 2.64. The zero-order valence-corrected chi connectivity index (χ0v) is 20.5. The fourth-order valence-corrected chi connectivity index (χ4v) is 2.34. The standard InChI is InChI=1S/C8HF17O3S.C8H20N/c9-1(10,3(13,14)5(17,18)7(21,22)23)2(11,12)4(15,16)6(19,20)8(24,25)29(26,27)28;1-7(2)9(5,6)8(3)4/h(H,26,27,28);7-8H,1-6H3/q;+1/p-1. The molecule has 0 aliphatic carbocycles. The molecule has 0 saturated heterocycles. The normalized spacial score (nSPS) is 16.1. The first-order valence-electron chi connectivity index (χ1n) is 9.39. The zero-order valence-electron chi connectivity index (χ0n) is 19.7. The van der Waals surface area contributed by atoms with E-state index in [-0.39, 0.29) is 0 Å². The van der Waals surface area contributed by atoms with Crippen LogP contribution in [0.2, 0.25) is 0 Å². The molecule has 0 amide bonds. The average Bonchev–Trinajstić information content (AvgIpc) is 2.65. The number of halogens is 17. The molecule has 0 radical (unpaired) electrons. The SMILES string of the molecule is CC(C)[N+](C)(C)C(C)C.O=S(=O)([O-])C(F)(F)C(F)(F)C(F)(F)C(F)(F)C(F)(F)C(F)(F)C(F)(F)C(F)(F)F. The van der Waals surface area contributed by atoms with Gasteiger partial charge in [0.2, 0.25) is 0 Å². The minimum atomic E-state index is -8.92. The second-order valence-electron chi connectivity index (χ2n) is 8.73. The van der Waals surface area contributed by atoms with E-state index in [1.54, 1.807) is 0 Å². The molecule has 0 bridgehead atoms. The third-order valence-electron chi connectivity index (χ3n) is 5.67. The first kappa shape index (κ1) is 38.8. The van der Waals surface area contributed by atoms with Crippen LogP contribution in [-0.2, 0) is 10.1 Å². The summed E-state index contributed by atoms with van der Waals surface area (Å²) >= 11 is 0. The fraction of sp³-hybridized carbons (Fsp3) is 1.00. The van der Waals surface area contributed by atoms with Crippen LogP contribution in [0.3, 0.4) is 0 Å². The zero-order chi connectivity index (χ0) is 32.2. The molecule has 0 aliphatic heterocycles. The van der Waals surface area contributed by atoms with Crippen LogP contribution in [0, 0.1) is 0 Å². The summed E-state index contributed by atoms with van der Waals surface area (Å²) < 4.78 is 245. The number of alkyl halides is 17. The maximum atomic E-state index is 13.0. The van der Waals surface area contributed by atoms with Crippen molar-refractivity contribution in [3.63, 3.8) is 0 Å². The second-order valence-corrected chi connectivity index (χ2v) is 10.2. The van der Waals surface area contributed by atoms with Gasteiger partial charge in [-0.25, -0.2) is 8.42 Å². The van der Waals surface area contributed by atoms with Crippen molar-refractivity contribution in [2.45, 2.75) is 86.7 Å². The summed E-state index contributed by atoms with van der Waals surface area (Å²) in [5, 5.41) is -7.95. The van der Waals surface area contributed by atoms with Gasteiger partial charge < -0.3 is 9.04 Å². The Bertz CT molecular complexity index is 914. The monoisotopic (exact) mass is 629 g/mol. The molecule has 232 valence electrons. The Morgan fingerprint density at radius 1 is 0.500 bits per heavy atom. The third kappa shape index (κ3) is 5.75. The molecule has 0 atom stereocenters. The highest BCUT2D eigenvalue weighted by Gasteiger charge is 2.95. The summed E-state index contributed by atoms with van der Waals surface area (Å²) in [5.74, 6) is -52.1. The molecular formula is C16H20F17NO3S. The van der Waals surface area contributed by atoms with Crippen molar-refractivity contribution in [2.75, 3.05) is 14.1 Å². The number of quaternary nitrogens is 1. The molecule has 0 heterocycles. The summed E-state index contributed by atoms with van der Waals surface area (Å²) in [4.78, 5) is 0. The van der Waals surface area contributed by atoms with Crippen LogP contribution in [-0.4, -0.2) is 90.6 Å². The lowest BCUT2D eigenvalue weighted by atomic mass is 9.91. The summed E-state index contributed by atoms with van der Waals surface area (Å²) in [6.45, 7) is 9.06. The number of nitrogens with zero attached hydrogens (tertiary/aromatic N) is 1. The molecule has 4 nitrogen and oxygen atoms in total. The van der Waals surface area contributed by atoms with Gasteiger partial charge in [-0.15, -0.1) is 0 Å². The van der Waals surface area contributed by atoms with Crippen LogP contribution in [0.5, 0.6) is 0 Å². The summed E-state index contributed by atoms with van der Waals surface area (Å²) in [5.41, 5.74) is 0. The van der Waals surface area contributed by atoms with Crippen LogP contribution in [0.25, 0.3) is 0 Å². The number of rotatable bonds is 9. The molecule has 22 heteroatoms. The highest BCUT2D eigenvalue weighted by atomic mass is 32.2. The molecule has 0 rings (SSSR count). The minimum absolute atomic E-state index is 0.727. The van der Waals surface area contributed by atoms with Gasteiger partial charge in [0.05, 0.1) is 26.2 Å². The molecule has 0 unspecified atom stereocenters. The van der Waals surface area contributed by atoms with Gasteiger partial charge in [0.15, 0.2) is 10.1 Å². The number of hydrogen-bond donors (Lipinski definition) is 0. The van der Waals surface area contributed by atoms with Gasteiger partial charge in [-0.2, -0.15) is 74.6 Å². The quantitative estimate of drug-likeness (QED) is 0.169. The molecule has 0 aromatic carbocycles. The molecule has 38 heavy (non-hydrogen) atoms. The minimum Gasteiger partial charge on any atom is -0.743 e. The molecule has 0 aromatic rings. The van der Waals surface area contributed by atoms with Crippen molar-refractivity contribution in [2.24, 2.45) is 0 Å². The summed E-state index contributed by atoms with van der Waals surface area (Å²) in [6.07, 6.45) is -7.89. The van der Waals surface area contributed by atoms with Crippen molar-refractivity contribution in [1.29, 1.82) is 0 Å². The largest absolute Gasteiger partial charge is 0.743 e. The molecule has 0 aromatic heterocycles. The highest BCUT2D eigenvalue weighted by molar-refractivity contribution is 7.86. The van der Waals surface area contributed by atoms with E-state index in [2.05, 4.69) is 41.8 Å². The lowest BCUT2D eigenvalue weighted by molar-refractivity contribution is -0.931. The number of hydrogen-bond acceptors (Lipinski definition) is 3. The van der Waals surface area contributed by atoms with E-state index >= 15 is 0 Å². The Kier molecular flexibility index (Phi) is 10.5. The summed E-state index contributed by atoms with van der Waals surface area (Å²) in [7, 11) is -3.60. The molecule has 0 fully saturated rings. The van der Waals surface area contributed by atoms with Gasteiger partial charge in [0.25, 0.3) is 0 Å². The second kappa shape index (κ2) is 10.3. The van der Waals surface area contributed by atoms with E-state index in [1.165, 1.54) is 0 Å². The Balaban J connectivity index is 0. The van der Waals surface area contributed by atoms with Gasteiger partial charge in [0.1, 0.15) is 0 Å². The first-order valence-corrected chi connectivity index (χ1v) is 10.8. The van der Waals surface area contributed by atoms with E-state index in [9.17, 15) is 87.6 Å². The van der Waals surface area contributed by atoms with Gasteiger partial charge in [0, 0.05) is 0 Å².